The minimum absolute atomic E-state index is 1.06. The van der Waals surface area contributed by atoms with Crippen LogP contribution in [0.5, 0.6) is 0 Å². The van der Waals surface area contributed by atoms with Gasteiger partial charge in [-0.1, -0.05) is 13.8 Å². The first-order valence-corrected chi connectivity index (χ1v) is 5.93. The summed E-state index contributed by atoms with van der Waals surface area (Å²) in [6.45, 7) is 4.34. The zero-order valence-electron chi connectivity index (χ0n) is 9.72. The van der Waals surface area contributed by atoms with E-state index < -0.39 is 0 Å². The lowest BCUT2D eigenvalue weighted by atomic mass is 10.2. The molecule has 0 aliphatic heterocycles. The van der Waals surface area contributed by atoms with E-state index in [1.54, 1.807) is 0 Å². The van der Waals surface area contributed by atoms with Gasteiger partial charge >= 0.3 is 0 Å². The molecular formula is C14H16N2. The van der Waals surface area contributed by atoms with Crippen molar-refractivity contribution >= 4 is 21.8 Å². The second-order valence-electron chi connectivity index (χ2n) is 4.32. The van der Waals surface area contributed by atoms with Crippen LogP contribution in [0, 0.1) is 0 Å². The summed E-state index contributed by atoms with van der Waals surface area (Å²) in [6, 6.07) is 8.95. The number of aryl methyl sites for hydroxylation is 2. The van der Waals surface area contributed by atoms with E-state index >= 15 is 0 Å². The molecule has 0 amide bonds. The van der Waals surface area contributed by atoms with E-state index in [0.717, 1.165) is 12.8 Å². The SMILES string of the molecule is CCc1cc2cc3[nH]c(CC)cc3cc2[nH]1. The first kappa shape index (κ1) is 9.52. The Morgan fingerprint density at radius 2 is 1.19 bits per heavy atom. The van der Waals surface area contributed by atoms with Crippen LogP contribution in [0.15, 0.2) is 24.3 Å². The van der Waals surface area contributed by atoms with Crippen molar-refractivity contribution in [2.45, 2.75) is 26.7 Å². The monoisotopic (exact) mass is 212 g/mol. The van der Waals surface area contributed by atoms with E-state index in [2.05, 4.69) is 48.1 Å². The average molecular weight is 212 g/mol. The third-order valence-corrected chi connectivity index (χ3v) is 3.23. The van der Waals surface area contributed by atoms with Gasteiger partial charge in [0.25, 0.3) is 0 Å². The fourth-order valence-corrected chi connectivity index (χ4v) is 2.26. The number of nitrogens with one attached hydrogen (secondary N) is 2. The lowest BCUT2D eigenvalue weighted by molar-refractivity contribution is 1.07. The molecule has 1 aromatic carbocycles. The smallest absolute Gasteiger partial charge is 0.0463 e. The van der Waals surface area contributed by atoms with Gasteiger partial charge in [-0.15, -0.1) is 0 Å². The van der Waals surface area contributed by atoms with E-state index in [1.165, 1.54) is 33.2 Å². The van der Waals surface area contributed by atoms with Gasteiger partial charge in [0.15, 0.2) is 0 Å². The Kier molecular flexibility index (Phi) is 2.03. The predicted octanol–water partition coefficient (Wildman–Crippen LogP) is 3.77. The summed E-state index contributed by atoms with van der Waals surface area (Å²) < 4.78 is 0. The minimum Gasteiger partial charge on any atom is -0.358 e. The Balaban J connectivity index is 2.28. The zero-order valence-corrected chi connectivity index (χ0v) is 9.72. The van der Waals surface area contributed by atoms with E-state index in [9.17, 15) is 0 Å². The van der Waals surface area contributed by atoms with Crippen molar-refractivity contribution in [3.8, 4) is 0 Å². The third kappa shape index (κ3) is 1.33. The summed E-state index contributed by atoms with van der Waals surface area (Å²) in [5.74, 6) is 0. The molecule has 0 aliphatic rings. The molecule has 0 saturated heterocycles. The van der Waals surface area contributed by atoms with Gasteiger partial charge in [-0.05, 0) is 37.1 Å². The molecule has 0 saturated carbocycles. The van der Waals surface area contributed by atoms with E-state index in [0.29, 0.717) is 0 Å². The third-order valence-electron chi connectivity index (χ3n) is 3.23. The number of fused-ring (bicyclic) bond motifs is 2. The molecule has 2 heteroatoms. The van der Waals surface area contributed by atoms with Crippen LogP contribution < -0.4 is 0 Å². The van der Waals surface area contributed by atoms with Crippen LogP contribution in [0.25, 0.3) is 21.8 Å². The molecule has 0 bridgehead atoms. The molecule has 0 spiro atoms. The Bertz CT molecular complexity index is 538. The van der Waals surface area contributed by atoms with Gasteiger partial charge in [0, 0.05) is 33.2 Å². The van der Waals surface area contributed by atoms with E-state index in [-0.39, 0.29) is 0 Å². The zero-order chi connectivity index (χ0) is 11.1. The van der Waals surface area contributed by atoms with Crippen LogP contribution in [0.1, 0.15) is 25.2 Å². The van der Waals surface area contributed by atoms with Gasteiger partial charge < -0.3 is 9.97 Å². The number of benzene rings is 1. The van der Waals surface area contributed by atoms with Crippen molar-refractivity contribution in [2.75, 3.05) is 0 Å². The molecule has 0 unspecified atom stereocenters. The van der Waals surface area contributed by atoms with E-state index in [1.807, 2.05) is 0 Å². The number of hydrogen-bond donors (Lipinski definition) is 2. The summed E-state index contributed by atoms with van der Waals surface area (Å²) >= 11 is 0. The summed E-state index contributed by atoms with van der Waals surface area (Å²) in [6.07, 6.45) is 2.12. The number of rotatable bonds is 2. The fraction of sp³-hybridized carbons (Fsp3) is 0.286. The van der Waals surface area contributed by atoms with Crippen molar-refractivity contribution in [2.24, 2.45) is 0 Å². The molecular weight excluding hydrogens is 196 g/mol. The maximum Gasteiger partial charge on any atom is 0.0463 e. The second-order valence-corrected chi connectivity index (χ2v) is 4.32. The van der Waals surface area contributed by atoms with Crippen LogP contribution in [0.4, 0.5) is 0 Å². The summed E-state index contributed by atoms with van der Waals surface area (Å²) in [5.41, 5.74) is 5.09. The van der Waals surface area contributed by atoms with E-state index in [4.69, 9.17) is 0 Å². The van der Waals surface area contributed by atoms with Crippen molar-refractivity contribution < 1.29 is 0 Å². The van der Waals surface area contributed by atoms with Gasteiger partial charge in [0.1, 0.15) is 0 Å². The lowest BCUT2D eigenvalue weighted by Crippen LogP contribution is -1.75. The topological polar surface area (TPSA) is 31.6 Å². The molecule has 0 radical (unpaired) electrons. The van der Waals surface area contributed by atoms with Gasteiger partial charge in [0.05, 0.1) is 0 Å². The Morgan fingerprint density at radius 3 is 1.56 bits per heavy atom. The van der Waals surface area contributed by atoms with Crippen molar-refractivity contribution in [3.05, 3.63) is 35.7 Å². The Morgan fingerprint density at radius 1 is 0.750 bits per heavy atom. The van der Waals surface area contributed by atoms with Crippen LogP contribution in [0.2, 0.25) is 0 Å². The first-order valence-electron chi connectivity index (χ1n) is 5.93. The molecule has 2 aromatic heterocycles. The highest BCUT2D eigenvalue weighted by atomic mass is 14.7. The number of hydrogen-bond acceptors (Lipinski definition) is 0. The molecule has 2 nitrogen and oxygen atoms in total. The normalized spacial score (nSPS) is 11.6. The quantitative estimate of drug-likeness (QED) is 0.648. The van der Waals surface area contributed by atoms with Crippen LogP contribution in [-0.4, -0.2) is 9.97 Å². The maximum absolute atomic E-state index is 3.45. The molecule has 0 atom stereocenters. The van der Waals surface area contributed by atoms with Crippen molar-refractivity contribution in [1.82, 2.24) is 9.97 Å². The highest BCUT2D eigenvalue weighted by Gasteiger charge is 2.04. The minimum atomic E-state index is 1.06. The lowest BCUT2D eigenvalue weighted by Gasteiger charge is -1.91. The second kappa shape index (κ2) is 3.41. The van der Waals surface area contributed by atoms with Crippen LogP contribution in [-0.2, 0) is 12.8 Å². The molecule has 3 aromatic rings. The van der Waals surface area contributed by atoms with Gasteiger partial charge in [-0.25, -0.2) is 0 Å². The largest absolute Gasteiger partial charge is 0.358 e. The fourth-order valence-electron chi connectivity index (χ4n) is 2.26. The molecule has 3 rings (SSSR count). The molecule has 82 valence electrons. The molecule has 0 aliphatic carbocycles. The highest BCUT2D eigenvalue weighted by molar-refractivity contribution is 5.96. The molecule has 2 N–H and O–H groups in total. The standard InChI is InChI=1S/C14H16N2/c1-3-11-5-9-7-14-10(8-13(9)15-11)6-12(4-2)16-14/h5-8,15-16H,3-4H2,1-2H3. The number of H-pyrrole nitrogens is 2. The van der Waals surface area contributed by atoms with Crippen molar-refractivity contribution in [3.63, 3.8) is 0 Å². The van der Waals surface area contributed by atoms with Crippen molar-refractivity contribution in [1.29, 1.82) is 0 Å². The maximum atomic E-state index is 3.45. The molecule has 16 heavy (non-hydrogen) atoms. The van der Waals surface area contributed by atoms with Gasteiger partial charge in [-0.2, -0.15) is 0 Å². The molecule has 2 heterocycles. The Labute approximate surface area is 94.7 Å². The summed E-state index contributed by atoms with van der Waals surface area (Å²) in [7, 11) is 0. The molecule has 0 fully saturated rings. The highest BCUT2D eigenvalue weighted by Crippen LogP contribution is 2.24. The van der Waals surface area contributed by atoms with Gasteiger partial charge in [0.2, 0.25) is 0 Å². The first-order chi connectivity index (χ1) is 7.80. The van der Waals surface area contributed by atoms with Gasteiger partial charge in [-0.3, -0.25) is 0 Å². The summed E-state index contributed by atoms with van der Waals surface area (Å²) in [5, 5.41) is 2.60. The average Bonchev–Trinajstić information content (AvgIpc) is 2.86. The summed E-state index contributed by atoms with van der Waals surface area (Å²) in [4.78, 5) is 6.90. The Hall–Kier alpha value is -1.70. The predicted molar refractivity (Wildman–Crippen MR) is 68.9 cm³/mol. The van der Waals surface area contributed by atoms with Crippen LogP contribution in [0.3, 0.4) is 0 Å². The number of aromatic nitrogens is 2. The number of aromatic amines is 2. The van der Waals surface area contributed by atoms with Crippen LogP contribution >= 0.6 is 0 Å².